The Kier molecular flexibility index (Phi) is 4.76. The number of ether oxygens (including phenoxy) is 2. The largest absolute Gasteiger partial charge is 0.504 e. The van der Waals surface area contributed by atoms with E-state index in [-0.39, 0.29) is 27.9 Å². The summed E-state index contributed by atoms with van der Waals surface area (Å²) >= 11 is 3.27. The number of benzene rings is 2. The molecule has 0 amide bonds. The van der Waals surface area contributed by atoms with E-state index in [1.807, 2.05) is 30.3 Å². The van der Waals surface area contributed by atoms with Crippen molar-refractivity contribution >= 4 is 26.9 Å². The third-order valence-electron chi connectivity index (χ3n) is 3.51. The van der Waals surface area contributed by atoms with Gasteiger partial charge in [0.2, 0.25) is 5.75 Å². The molecular formula is C18H15BrO5. The number of hydrogen-bond acceptors (Lipinski definition) is 5. The number of rotatable bonds is 5. The quantitative estimate of drug-likeness (QED) is 0.668. The molecule has 5 nitrogen and oxygen atoms in total. The fourth-order valence-electron chi connectivity index (χ4n) is 2.46. The van der Waals surface area contributed by atoms with E-state index >= 15 is 0 Å². The predicted molar refractivity (Wildman–Crippen MR) is 95.4 cm³/mol. The van der Waals surface area contributed by atoms with Crippen molar-refractivity contribution in [2.45, 2.75) is 0 Å². The highest BCUT2D eigenvalue weighted by Gasteiger charge is 2.19. The summed E-state index contributed by atoms with van der Waals surface area (Å²) in [7, 11) is 1.40. The first-order chi connectivity index (χ1) is 11.7. The van der Waals surface area contributed by atoms with E-state index in [9.17, 15) is 9.90 Å². The van der Waals surface area contributed by atoms with E-state index < -0.39 is 0 Å². The Morgan fingerprint density at radius 2 is 1.96 bits per heavy atom. The molecule has 1 N–H and O–H groups in total. The lowest BCUT2D eigenvalue weighted by Crippen LogP contribution is -2.04. The molecule has 3 rings (SSSR count). The molecule has 24 heavy (non-hydrogen) atoms. The minimum absolute atomic E-state index is 0.0673. The summed E-state index contributed by atoms with van der Waals surface area (Å²) < 4.78 is 16.6. The van der Waals surface area contributed by atoms with Crippen LogP contribution in [0.15, 0.2) is 51.7 Å². The molecule has 0 aliphatic carbocycles. The first kappa shape index (κ1) is 16.4. The Morgan fingerprint density at radius 3 is 2.62 bits per heavy atom. The smallest absolute Gasteiger partial charge is 0.204 e. The van der Waals surface area contributed by atoms with Crippen LogP contribution in [0.1, 0.15) is 0 Å². The monoisotopic (exact) mass is 390 g/mol. The molecule has 0 spiro atoms. The van der Waals surface area contributed by atoms with Crippen LogP contribution in [0.2, 0.25) is 0 Å². The van der Waals surface area contributed by atoms with Gasteiger partial charge in [-0.1, -0.05) is 46.3 Å². The van der Waals surface area contributed by atoms with Crippen molar-refractivity contribution in [1.29, 1.82) is 0 Å². The van der Waals surface area contributed by atoms with Gasteiger partial charge in [0.25, 0.3) is 0 Å². The zero-order valence-electron chi connectivity index (χ0n) is 12.9. The topological polar surface area (TPSA) is 68.9 Å². The van der Waals surface area contributed by atoms with Gasteiger partial charge >= 0.3 is 0 Å². The van der Waals surface area contributed by atoms with Crippen LogP contribution in [0.5, 0.6) is 17.2 Å². The molecule has 0 radical (unpaired) electrons. The Bertz CT molecular complexity index is 918. The zero-order valence-corrected chi connectivity index (χ0v) is 14.5. The predicted octanol–water partition coefficient (Wildman–Crippen LogP) is 3.95. The maximum absolute atomic E-state index is 12.5. The third kappa shape index (κ3) is 2.97. The van der Waals surface area contributed by atoms with Crippen LogP contribution in [0.4, 0.5) is 0 Å². The molecule has 1 heterocycles. The second-order valence-electron chi connectivity index (χ2n) is 5.01. The Balaban J connectivity index is 2.24. The average Bonchev–Trinajstić information content (AvgIpc) is 2.60. The second kappa shape index (κ2) is 6.97. The molecule has 2 aromatic carbocycles. The summed E-state index contributed by atoms with van der Waals surface area (Å²) in [5, 5.41) is 11.1. The molecule has 0 saturated carbocycles. The highest BCUT2D eigenvalue weighted by Crippen LogP contribution is 2.42. The number of phenolic OH excluding ortho intramolecular Hbond substituents is 1. The van der Waals surface area contributed by atoms with Crippen molar-refractivity contribution in [3.63, 3.8) is 0 Å². The highest BCUT2D eigenvalue weighted by molar-refractivity contribution is 9.09. The van der Waals surface area contributed by atoms with Crippen molar-refractivity contribution in [3.05, 3.63) is 52.7 Å². The minimum Gasteiger partial charge on any atom is -0.504 e. The molecule has 0 atom stereocenters. The number of alkyl halides is 1. The van der Waals surface area contributed by atoms with Gasteiger partial charge in [-0.25, -0.2) is 0 Å². The van der Waals surface area contributed by atoms with Crippen molar-refractivity contribution < 1.29 is 19.0 Å². The van der Waals surface area contributed by atoms with Crippen molar-refractivity contribution in [1.82, 2.24) is 0 Å². The SMILES string of the molecule is COc1c(OCCBr)cc2oc(-c3ccccc3)cc(=O)c2c1O. The van der Waals surface area contributed by atoms with Gasteiger partial charge < -0.3 is 19.0 Å². The summed E-state index contributed by atoms with van der Waals surface area (Å²) in [4.78, 5) is 12.5. The number of methoxy groups -OCH3 is 1. The van der Waals surface area contributed by atoms with Crippen molar-refractivity contribution in [3.8, 4) is 28.6 Å². The minimum atomic E-state index is -0.349. The molecule has 0 saturated heterocycles. The lowest BCUT2D eigenvalue weighted by atomic mass is 10.1. The molecule has 0 bridgehead atoms. The van der Waals surface area contributed by atoms with Gasteiger partial charge in [-0.05, 0) is 0 Å². The van der Waals surface area contributed by atoms with Crippen molar-refractivity contribution in [2.75, 3.05) is 19.0 Å². The van der Waals surface area contributed by atoms with Gasteiger partial charge in [0.05, 0.1) is 13.7 Å². The first-order valence-corrected chi connectivity index (χ1v) is 8.40. The summed E-state index contributed by atoms with van der Waals surface area (Å²) in [5.41, 5.74) is 0.664. The summed E-state index contributed by atoms with van der Waals surface area (Å²) in [6.45, 7) is 0.379. The van der Waals surface area contributed by atoms with E-state index in [0.29, 0.717) is 23.4 Å². The van der Waals surface area contributed by atoms with Crippen LogP contribution in [0.25, 0.3) is 22.3 Å². The molecule has 0 unspecified atom stereocenters. The fraction of sp³-hybridized carbons (Fsp3) is 0.167. The molecule has 124 valence electrons. The van der Waals surface area contributed by atoms with Gasteiger partial charge in [0, 0.05) is 23.0 Å². The molecule has 0 aliphatic rings. The van der Waals surface area contributed by atoms with E-state index in [1.54, 1.807) is 6.07 Å². The first-order valence-electron chi connectivity index (χ1n) is 7.27. The zero-order chi connectivity index (χ0) is 17.1. The maximum atomic E-state index is 12.5. The standard InChI is InChI=1S/C18H15BrO5/c1-22-18-15(23-8-7-19)10-14-16(17(18)21)12(20)9-13(24-14)11-5-3-2-4-6-11/h2-6,9-10,21H,7-8H2,1H3. The second-order valence-corrected chi connectivity index (χ2v) is 5.80. The third-order valence-corrected chi connectivity index (χ3v) is 3.83. The highest BCUT2D eigenvalue weighted by atomic mass is 79.9. The Morgan fingerprint density at radius 1 is 1.21 bits per heavy atom. The summed E-state index contributed by atoms with van der Waals surface area (Å²) in [6, 6.07) is 12.2. The van der Waals surface area contributed by atoms with Crippen LogP contribution >= 0.6 is 15.9 Å². The summed E-state index contributed by atoms with van der Waals surface area (Å²) in [5.74, 6) is 0.565. The Labute approximate surface area is 146 Å². The maximum Gasteiger partial charge on any atom is 0.204 e. The van der Waals surface area contributed by atoms with E-state index in [0.717, 1.165) is 5.56 Å². The lowest BCUT2D eigenvalue weighted by Gasteiger charge is -2.13. The average molecular weight is 391 g/mol. The molecular weight excluding hydrogens is 376 g/mol. The van der Waals surface area contributed by atoms with Crippen LogP contribution in [0, 0.1) is 0 Å². The van der Waals surface area contributed by atoms with Gasteiger partial charge in [0.1, 0.15) is 16.7 Å². The molecule has 0 aliphatic heterocycles. The molecule has 0 fully saturated rings. The van der Waals surface area contributed by atoms with Gasteiger partial charge in [-0.2, -0.15) is 0 Å². The van der Waals surface area contributed by atoms with Crippen LogP contribution in [-0.4, -0.2) is 24.2 Å². The van der Waals surface area contributed by atoms with Gasteiger partial charge in [-0.15, -0.1) is 0 Å². The number of halogens is 1. The van der Waals surface area contributed by atoms with E-state index in [4.69, 9.17) is 13.9 Å². The summed E-state index contributed by atoms with van der Waals surface area (Å²) in [6.07, 6.45) is 0. The molecule has 1 aromatic heterocycles. The van der Waals surface area contributed by atoms with E-state index in [2.05, 4.69) is 15.9 Å². The number of phenols is 1. The number of fused-ring (bicyclic) bond motifs is 1. The molecule has 3 aromatic rings. The normalized spacial score (nSPS) is 10.8. The van der Waals surface area contributed by atoms with E-state index in [1.165, 1.54) is 13.2 Å². The number of aromatic hydroxyl groups is 1. The Hall–Kier alpha value is -2.47. The van der Waals surface area contributed by atoms with Gasteiger partial charge in [-0.3, -0.25) is 4.79 Å². The number of hydrogen-bond donors (Lipinski definition) is 1. The lowest BCUT2D eigenvalue weighted by molar-refractivity contribution is 0.304. The molecule has 6 heteroatoms. The fourth-order valence-corrected chi connectivity index (χ4v) is 2.62. The van der Waals surface area contributed by atoms with Crippen molar-refractivity contribution in [2.24, 2.45) is 0 Å². The van der Waals surface area contributed by atoms with Crippen LogP contribution < -0.4 is 14.9 Å². The van der Waals surface area contributed by atoms with Crippen LogP contribution in [0.3, 0.4) is 0 Å². The van der Waals surface area contributed by atoms with Crippen LogP contribution in [-0.2, 0) is 0 Å². The van der Waals surface area contributed by atoms with Gasteiger partial charge in [0.15, 0.2) is 16.9 Å².